The molecule has 1 spiro atoms. The Kier molecular flexibility index (Phi) is 2.09. The Morgan fingerprint density at radius 3 is 2.61 bits per heavy atom. The lowest BCUT2D eigenvalue weighted by Crippen LogP contribution is -2.48. The minimum absolute atomic E-state index is 0.198. The fourth-order valence-electron chi connectivity index (χ4n) is 3.11. The van der Waals surface area contributed by atoms with Crippen LogP contribution in [-0.2, 0) is 15.0 Å². The molecule has 1 atom stereocenters. The summed E-state index contributed by atoms with van der Waals surface area (Å²) in [6.45, 7) is 3.89. The summed E-state index contributed by atoms with van der Waals surface area (Å²) >= 11 is 0. The maximum absolute atomic E-state index is 12.2. The number of para-hydroxylation sites is 1. The van der Waals surface area contributed by atoms with Crippen LogP contribution in [0.3, 0.4) is 0 Å². The highest BCUT2D eigenvalue weighted by molar-refractivity contribution is 6.09. The van der Waals surface area contributed by atoms with Gasteiger partial charge < -0.3 is 4.74 Å². The van der Waals surface area contributed by atoms with Crippen LogP contribution < -0.4 is 10.1 Å². The third kappa shape index (κ3) is 1.45. The van der Waals surface area contributed by atoms with E-state index in [0.29, 0.717) is 12.2 Å². The van der Waals surface area contributed by atoms with Crippen molar-refractivity contribution in [2.24, 2.45) is 0 Å². The lowest BCUT2D eigenvalue weighted by atomic mass is 9.69. The SMILES string of the molecule is CC1(C)CC2(CC(=O)NC2=O)c2ccccc2O1. The molecule has 1 N–H and O–H groups in total. The summed E-state index contributed by atoms with van der Waals surface area (Å²) in [5, 5.41) is 2.42. The number of hydrogen-bond acceptors (Lipinski definition) is 3. The average molecular weight is 245 g/mol. The van der Waals surface area contributed by atoms with E-state index in [4.69, 9.17) is 4.74 Å². The van der Waals surface area contributed by atoms with E-state index < -0.39 is 11.0 Å². The van der Waals surface area contributed by atoms with Gasteiger partial charge in [0.05, 0.1) is 5.41 Å². The Balaban J connectivity index is 2.21. The Morgan fingerprint density at radius 2 is 1.94 bits per heavy atom. The second-order valence-electron chi connectivity index (χ2n) is 5.67. The maximum atomic E-state index is 12.2. The molecule has 1 aromatic rings. The van der Waals surface area contributed by atoms with Gasteiger partial charge in [-0.3, -0.25) is 14.9 Å². The van der Waals surface area contributed by atoms with Gasteiger partial charge in [0.2, 0.25) is 11.8 Å². The number of nitrogens with one attached hydrogen (secondary N) is 1. The van der Waals surface area contributed by atoms with Crippen LogP contribution in [0.25, 0.3) is 0 Å². The summed E-state index contributed by atoms with van der Waals surface area (Å²) in [5.41, 5.74) is -0.376. The molecule has 1 saturated heterocycles. The smallest absolute Gasteiger partial charge is 0.238 e. The summed E-state index contributed by atoms with van der Waals surface area (Å²) in [5.74, 6) is 0.308. The number of benzene rings is 1. The van der Waals surface area contributed by atoms with Crippen LogP contribution in [-0.4, -0.2) is 17.4 Å². The molecular weight excluding hydrogens is 230 g/mol. The monoisotopic (exact) mass is 245 g/mol. The second-order valence-corrected chi connectivity index (χ2v) is 5.67. The predicted molar refractivity (Wildman–Crippen MR) is 65.2 cm³/mol. The highest BCUT2D eigenvalue weighted by Crippen LogP contribution is 2.48. The molecule has 0 aliphatic carbocycles. The van der Waals surface area contributed by atoms with Crippen molar-refractivity contribution in [1.29, 1.82) is 0 Å². The number of rotatable bonds is 0. The second kappa shape index (κ2) is 3.34. The Bertz CT molecular complexity index is 550. The van der Waals surface area contributed by atoms with E-state index in [1.165, 1.54) is 0 Å². The van der Waals surface area contributed by atoms with E-state index in [2.05, 4.69) is 5.32 Å². The van der Waals surface area contributed by atoms with Crippen LogP contribution in [0.5, 0.6) is 5.75 Å². The van der Waals surface area contributed by atoms with E-state index in [-0.39, 0.29) is 18.2 Å². The van der Waals surface area contributed by atoms with Gasteiger partial charge in [0.15, 0.2) is 0 Å². The molecule has 2 aliphatic heterocycles. The largest absolute Gasteiger partial charge is 0.487 e. The van der Waals surface area contributed by atoms with Gasteiger partial charge in [-0.05, 0) is 19.9 Å². The van der Waals surface area contributed by atoms with E-state index in [1.807, 2.05) is 38.1 Å². The van der Waals surface area contributed by atoms with Gasteiger partial charge in [-0.15, -0.1) is 0 Å². The van der Waals surface area contributed by atoms with Gasteiger partial charge >= 0.3 is 0 Å². The molecule has 0 bridgehead atoms. The molecule has 3 rings (SSSR count). The Morgan fingerprint density at radius 1 is 1.22 bits per heavy atom. The van der Waals surface area contributed by atoms with Crippen LogP contribution in [0.15, 0.2) is 24.3 Å². The minimum atomic E-state index is -0.755. The molecule has 1 aromatic carbocycles. The summed E-state index contributed by atoms with van der Waals surface area (Å²) in [4.78, 5) is 23.8. The lowest BCUT2D eigenvalue weighted by molar-refractivity contribution is -0.128. The number of amides is 2. The number of imide groups is 1. The Labute approximate surface area is 105 Å². The lowest BCUT2D eigenvalue weighted by Gasteiger charge is -2.42. The number of ether oxygens (including phenoxy) is 1. The van der Waals surface area contributed by atoms with E-state index in [1.54, 1.807) is 0 Å². The van der Waals surface area contributed by atoms with E-state index in [0.717, 1.165) is 5.56 Å². The number of hydrogen-bond donors (Lipinski definition) is 1. The molecule has 94 valence electrons. The van der Waals surface area contributed by atoms with Crippen molar-refractivity contribution >= 4 is 11.8 Å². The standard InChI is InChI=1S/C14H15NO3/c1-13(2)8-14(7-11(16)15-12(14)17)9-5-3-4-6-10(9)18-13/h3-6H,7-8H2,1-2H3,(H,15,16,17). The van der Waals surface area contributed by atoms with Gasteiger partial charge in [-0.2, -0.15) is 0 Å². The zero-order valence-corrected chi connectivity index (χ0v) is 10.4. The van der Waals surface area contributed by atoms with Crippen LogP contribution in [0.1, 0.15) is 32.3 Å². The van der Waals surface area contributed by atoms with Crippen molar-refractivity contribution < 1.29 is 14.3 Å². The zero-order valence-electron chi connectivity index (χ0n) is 10.4. The quantitative estimate of drug-likeness (QED) is 0.705. The minimum Gasteiger partial charge on any atom is -0.487 e. The van der Waals surface area contributed by atoms with Crippen molar-refractivity contribution in [2.45, 2.75) is 37.7 Å². The fourth-order valence-corrected chi connectivity index (χ4v) is 3.11. The first kappa shape index (κ1) is 11.3. The first-order chi connectivity index (χ1) is 8.43. The average Bonchev–Trinajstić information content (AvgIpc) is 2.52. The zero-order chi connectivity index (χ0) is 13.0. The maximum Gasteiger partial charge on any atom is 0.238 e. The van der Waals surface area contributed by atoms with Gasteiger partial charge in [-0.1, -0.05) is 18.2 Å². The van der Waals surface area contributed by atoms with Gasteiger partial charge in [0, 0.05) is 18.4 Å². The third-order valence-electron chi connectivity index (χ3n) is 3.67. The van der Waals surface area contributed by atoms with Gasteiger partial charge in [0.25, 0.3) is 0 Å². The molecule has 2 amide bonds. The first-order valence-electron chi connectivity index (χ1n) is 6.06. The summed E-state index contributed by atoms with van der Waals surface area (Å²) < 4.78 is 5.90. The van der Waals surface area contributed by atoms with Crippen molar-refractivity contribution in [3.8, 4) is 5.75 Å². The molecule has 0 saturated carbocycles. The predicted octanol–water partition coefficient (Wildman–Crippen LogP) is 1.53. The van der Waals surface area contributed by atoms with E-state index in [9.17, 15) is 9.59 Å². The van der Waals surface area contributed by atoms with Crippen molar-refractivity contribution in [2.75, 3.05) is 0 Å². The first-order valence-corrected chi connectivity index (χ1v) is 6.06. The molecule has 0 radical (unpaired) electrons. The van der Waals surface area contributed by atoms with Crippen LogP contribution in [0.2, 0.25) is 0 Å². The fraction of sp³-hybridized carbons (Fsp3) is 0.429. The third-order valence-corrected chi connectivity index (χ3v) is 3.67. The number of carbonyl (C=O) groups is 2. The molecule has 1 fully saturated rings. The van der Waals surface area contributed by atoms with Crippen LogP contribution in [0, 0.1) is 0 Å². The van der Waals surface area contributed by atoms with Crippen LogP contribution in [0.4, 0.5) is 0 Å². The summed E-state index contributed by atoms with van der Waals surface area (Å²) in [6, 6.07) is 7.48. The normalized spacial score (nSPS) is 28.8. The molecule has 1 unspecified atom stereocenters. The van der Waals surface area contributed by atoms with Crippen molar-refractivity contribution in [3.63, 3.8) is 0 Å². The topological polar surface area (TPSA) is 55.4 Å². The molecule has 4 heteroatoms. The summed E-state index contributed by atoms with van der Waals surface area (Å²) in [6.07, 6.45) is 0.740. The summed E-state index contributed by atoms with van der Waals surface area (Å²) in [7, 11) is 0. The number of fused-ring (bicyclic) bond motifs is 2. The Hall–Kier alpha value is -1.84. The molecule has 2 heterocycles. The molecule has 18 heavy (non-hydrogen) atoms. The molecule has 2 aliphatic rings. The number of carbonyl (C=O) groups excluding carboxylic acids is 2. The highest BCUT2D eigenvalue weighted by Gasteiger charge is 2.55. The molecular formula is C14H15NO3. The van der Waals surface area contributed by atoms with Crippen molar-refractivity contribution in [3.05, 3.63) is 29.8 Å². The van der Waals surface area contributed by atoms with Gasteiger partial charge in [-0.25, -0.2) is 0 Å². The molecule has 0 aromatic heterocycles. The van der Waals surface area contributed by atoms with Crippen molar-refractivity contribution in [1.82, 2.24) is 5.32 Å². The van der Waals surface area contributed by atoms with Crippen LogP contribution >= 0.6 is 0 Å². The van der Waals surface area contributed by atoms with E-state index >= 15 is 0 Å². The molecule has 4 nitrogen and oxygen atoms in total. The highest BCUT2D eigenvalue weighted by atomic mass is 16.5. The van der Waals surface area contributed by atoms with Gasteiger partial charge in [0.1, 0.15) is 11.4 Å².